The summed E-state index contributed by atoms with van der Waals surface area (Å²) in [5.74, 6) is -1.31. The van der Waals surface area contributed by atoms with E-state index in [2.05, 4.69) is 10.3 Å². The van der Waals surface area contributed by atoms with Gasteiger partial charge < -0.3 is 15.4 Å². The Kier molecular flexibility index (Phi) is 3.95. The highest BCUT2D eigenvalue weighted by atomic mass is 16.4. The van der Waals surface area contributed by atoms with Crippen LogP contribution in [0.5, 0.6) is 0 Å². The summed E-state index contributed by atoms with van der Waals surface area (Å²) in [6, 6.07) is 9.18. The fourth-order valence-electron chi connectivity index (χ4n) is 1.67. The lowest BCUT2D eigenvalue weighted by Crippen LogP contribution is -2.15. The van der Waals surface area contributed by atoms with E-state index in [-0.39, 0.29) is 17.5 Å². The van der Waals surface area contributed by atoms with Crippen LogP contribution in [0.4, 0.5) is 5.69 Å². The highest BCUT2D eigenvalue weighted by molar-refractivity contribution is 6.04. The summed E-state index contributed by atoms with van der Waals surface area (Å²) in [5.41, 5.74) is 1.08. The van der Waals surface area contributed by atoms with E-state index >= 15 is 0 Å². The highest BCUT2D eigenvalue weighted by Crippen LogP contribution is 2.11. The van der Waals surface area contributed by atoms with Crippen LogP contribution in [0.25, 0.3) is 0 Å². The maximum atomic E-state index is 11.9. The molecule has 1 aromatic carbocycles. The molecule has 1 aromatic heterocycles. The summed E-state index contributed by atoms with van der Waals surface area (Å²) < 4.78 is 0. The molecule has 0 fully saturated rings. The number of carboxylic acid groups (broad SMARTS) is 1. The number of aliphatic carboxylic acids is 1. The monoisotopic (exact) mass is 272 g/mol. The minimum absolute atomic E-state index is 0.0672. The Morgan fingerprint density at radius 3 is 2.45 bits per heavy atom. The van der Waals surface area contributed by atoms with E-state index in [9.17, 15) is 14.4 Å². The van der Waals surface area contributed by atoms with Gasteiger partial charge >= 0.3 is 5.97 Å². The van der Waals surface area contributed by atoms with E-state index < -0.39 is 11.9 Å². The van der Waals surface area contributed by atoms with Crippen molar-refractivity contribution in [3.05, 3.63) is 64.1 Å². The molecule has 0 radical (unpaired) electrons. The number of H-pyrrole nitrogens is 1. The number of benzene rings is 1. The van der Waals surface area contributed by atoms with Gasteiger partial charge in [-0.2, -0.15) is 0 Å². The molecule has 0 bridgehead atoms. The van der Waals surface area contributed by atoms with Crippen LogP contribution in [-0.4, -0.2) is 22.0 Å². The SMILES string of the molecule is O=C(O)Cc1ccc(NC(=O)c2cc[nH]c(=O)c2)cc1. The summed E-state index contributed by atoms with van der Waals surface area (Å²) in [6.07, 6.45) is 1.33. The Bertz CT molecular complexity index is 689. The van der Waals surface area contributed by atoms with Crippen LogP contribution in [0.2, 0.25) is 0 Å². The first-order chi connectivity index (χ1) is 9.54. The number of aromatic nitrogens is 1. The van der Waals surface area contributed by atoms with E-state index in [4.69, 9.17) is 5.11 Å². The van der Waals surface area contributed by atoms with Gasteiger partial charge in [0.1, 0.15) is 0 Å². The molecule has 20 heavy (non-hydrogen) atoms. The second-order valence-electron chi connectivity index (χ2n) is 4.16. The van der Waals surface area contributed by atoms with E-state index in [1.54, 1.807) is 24.3 Å². The Morgan fingerprint density at radius 2 is 1.85 bits per heavy atom. The van der Waals surface area contributed by atoms with Gasteiger partial charge in [0.2, 0.25) is 5.56 Å². The van der Waals surface area contributed by atoms with E-state index in [1.165, 1.54) is 18.3 Å². The Hall–Kier alpha value is -2.89. The number of nitrogens with one attached hydrogen (secondary N) is 2. The molecule has 0 saturated carbocycles. The number of hydrogen-bond acceptors (Lipinski definition) is 3. The fourth-order valence-corrected chi connectivity index (χ4v) is 1.67. The minimum Gasteiger partial charge on any atom is -0.481 e. The van der Waals surface area contributed by atoms with Gasteiger partial charge in [0.15, 0.2) is 0 Å². The van der Waals surface area contributed by atoms with Crippen molar-refractivity contribution in [2.75, 3.05) is 5.32 Å². The molecule has 1 heterocycles. The summed E-state index contributed by atoms with van der Waals surface area (Å²) in [5, 5.41) is 11.3. The van der Waals surface area contributed by atoms with Crippen molar-refractivity contribution in [3.63, 3.8) is 0 Å². The molecule has 0 atom stereocenters. The summed E-state index contributed by atoms with van der Waals surface area (Å²) in [7, 11) is 0. The quantitative estimate of drug-likeness (QED) is 0.780. The van der Waals surface area contributed by atoms with Crippen molar-refractivity contribution in [1.29, 1.82) is 0 Å². The largest absolute Gasteiger partial charge is 0.481 e. The number of anilines is 1. The van der Waals surface area contributed by atoms with E-state index in [0.29, 0.717) is 11.3 Å². The van der Waals surface area contributed by atoms with E-state index in [1.807, 2.05) is 0 Å². The van der Waals surface area contributed by atoms with Gasteiger partial charge in [-0.3, -0.25) is 14.4 Å². The lowest BCUT2D eigenvalue weighted by atomic mass is 10.1. The number of amides is 1. The molecule has 6 heteroatoms. The molecule has 0 aliphatic rings. The summed E-state index contributed by atoms with van der Waals surface area (Å²) in [6.45, 7) is 0. The van der Waals surface area contributed by atoms with Crippen molar-refractivity contribution < 1.29 is 14.7 Å². The standard InChI is InChI=1S/C14H12N2O4/c17-12-8-10(5-6-15-12)14(20)16-11-3-1-9(2-4-11)7-13(18)19/h1-6,8H,7H2,(H,15,17)(H,16,20)(H,18,19). The van der Waals surface area contributed by atoms with Crippen LogP contribution in [0.3, 0.4) is 0 Å². The molecule has 0 aliphatic heterocycles. The Morgan fingerprint density at radius 1 is 1.15 bits per heavy atom. The predicted molar refractivity (Wildman–Crippen MR) is 72.8 cm³/mol. The van der Waals surface area contributed by atoms with Gasteiger partial charge in [0, 0.05) is 23.5 Å². The van der Waals surface area contributed by atoms with Crippen molar-refractivity contribution >= 4 is 17.6 Å². The maximum absolute atomic E-state index is 11.9. The first-order valence-electron chi connectivity index (χ1n) is 5.85. The number of pyridine rings is 1. The van der Waals surface area contributed by atoms with Crippen LogP contribution < -0.4 is 10.9 Å². The van der Waals surface area contributed by atoms with Gasteiger partial charge in [0.05, 0.1) is 6.42 Å². The van der Waals surface area contributed by atoms with Gasteiger partial charge in [-0.1, -0.05) is 12.1 Å². The molecule has 6 nitrogen and oxygen atoms in total. The molecule has 2 rings (SSSR count). The molecule has 1 amide bonds. The van der Waals surface area contributed by atoms with Crippen LogP contribution in [0.15, 0.2) is 47.4 Å². The maximum Gasteiger partial charge on any atom is 0.307 e. The number of carbonyl (C=O) groups excluding carboxylic acids is 1. The van der Waals surface area contributed by atoms with Crippen LogP contribution >= 0.6 is 0 Å². The minimum atomic E-state index is -0.912. The average Bonchev–Trinajstić information content (AvgIpc) is 2.40. The highest BCUT2D eigenvalue weighted by Gasteiger charge is 2.07. The number of hydrogen-bond donors (Lipinski definition) is 3. The lowest BCUT2D eigenvalue weighted by molar-refractivity contribution is -0.136. The van der Waals surface area contributed by atoms with E-state index in [0.717, 1.165) is 0 Å². The van der Waals surface area contributed by atoms with Crippen molar-refractivity contribution in [2.45, 2.75) is 6.42 Å². The number of carboxylic acids is 1. The van der Waals surface area contributed by atoms with Gasteiger partial charge in [-0.05, 0) is 23.8 Å². The number of aromatic amines is 1. The normalized spacial score (nSPS) is 10.0. The summed E-state index contributed by atoms with van der Waals surface area (Å²) in [4.78, 5) is 35.9. The summed E-state index contributed by atoms with van der Waals surface area (Å²) >= 11 is 0. The van der Waals surface area contributed by atoms with Gasteiger partial charge in [-0.15, -0.1) is 0 Å². The third-order valence-corrected chi connectivity index (χ3v) is 2.60. The molecular formula is C14H12N2O4. The van der Waals surface area contributed by atoms with Crippen LogP contribution in [0, 0.1) is 0 Å². The van der Waals surface area contributed by atoms with Crippen molar-refractivity contribution in [2.24, 2.45) is 0 Å². The molecule has 2 aromatic rings. The Balaban J connectivity index is 2.08. The Labute approximate surface area is 114 Å². The predicted octanol–water partition coefficient (Wildman–Crippen LogP) is 1.25. The molecule has 0 spiro atoms. The smallest absolute Gasteiger partial charge is 0.307 e. The third-order valence-electron chi connectivity index (χ3n) is 2.60. The first-order valence-corrected chi connectivity index (χ1v) is 5.85. The molecule has 3 N–H and O–H groups in total. The molecule has 0 saturated heterocycles. The number of carbonyl (C=O) groups is 2. The van der Waals surface area contributed by atoms with Crippen LogP contribution in [-0.2, 0) is 11.2 Å². The van der Waals surface area contributed by atoms with Crippen molar-refractivity contribution in [3.8, 4) is 0 Å². The third kappa shape index (κ3) is 3.55. The zero-order valence-electron chi connectivity index (χ0n) is 10.4. The molecular weight excluding hydrogens is 260 g/mol. The van der Waals surface area contributed by atoms with Crippen molar-refractivity contribution in [1.82, 2.24) is 4.98 Å². The molecule has 0 aliphatic carbocycles. The van der Waals surface area contributed by atoms with Crippen LogP contribution in [0.1, 0.15) is 15.9 Å². The second kappa shape index (κ2) is 5.83. The molecule has 0 unspecified atom stereocenters. The van der Waals surface area contributed by atoms with Gasteiger partial charge in [-0.25, -0.2) is 0 Å². The zero-order valence-corrected chi connectivity index (χ0v) is 10.4. The number of rotatable bonds is 4. The fraction of sp³-hybridized carbons (Fsp3) is 0.0714. The average molecular weight is 272 g/mol. The molecule has 102 valence electrons. The van der Waals surface area contributed by atoms with Gasteiger partial charge in [0.25, 0.3) is 5.91 Å². The lowest BCUT2D eigenvalue weighted by Gasteiger charge is -2.05. The first kappa shape index (κ1) is 13.5. The second-order valence-corrected chi connectivity index (χ2v) is 4.16. The topological polar surface area (TPSA) is 99.3 Å². The zero-order chi connectivity index (χ0) is 14.5.